The number of para-hydroxylation sites is 1. The van der Waals surface area contributed by atoms with E-state index in [4.69, 9.17) is 5.73 Å². The lowest BCUT2D eigenvalue weighted by atomic mass is 10.0. The fraction of sp³-hybridized carbons (Fsp3) is 0.235. The van der Waals surface area contributed by atoms with Crippen molar-refractivity contribution in [1.29, 1.82) is 0 Å². The number of aryl methyl sites for hydroxylation is 1. The summed E-state index contributed by atoms with van der Waals surface area (Å²) in [5.74, 6) is -0.260. The van der Waals surface area contributed by atoms with Crippen LogP contribution in [-0.4, -0.2) is 9.78 Å². The normalized spacial score (nSPS) is 12.7. The lowest BCUT2D eigenvalue weighted by Crippen LogP contribution is -2.15. The second-order valence-electron chi connectivity index (χ2n) is 5.11. The third kappa shape index (κ3) is 2.54. The zero-order chi connectivity index (χ0) is 14.8. The van der Waals surface area contributed by atoms with Gasteiger partial charge < -0.3 is 5.73 Å². The van der Waals surface area contributed by atoms with Gasteiger partial charge in [0.25, 0.3) is 0 Å². The molecule has 3 aromatic rings. The predicted octanol–water partition coefficient (Wildman–Crippen LogP) is 3.44. The molecule has 1 aromatic heterocycles. The molecular formula is C17H18FN3. The van der Waals surface area contributed by atoms with Gasteiger partial charge in [-0.15, -0.1) is 0 Å². The molecule has 1 heterocycles. The van der Waals surface area contributed by atoms with Gasteiger partial charge in [0.2, 0.25) is 0 Å². The number of benzene rings is 2. The van der Waals surface area contributed by atoms with Crippen LogP contribution in [0.25, 0.3) is 10.9 Å². The Hall–Kier alpha value is -2.20. The minimum absolute atomic E-state index is 0.260. The van der Waals surface area contributed by atoms with Crippen LogP contribution in [0, 0.1) is 5.82 Å². The van der Waals surface area contributed by atoms with Gasteiger partial charge in [-0.3, -0.25) is 4.68 Å². The molecule has 1 atom stereocenters. The van der Waals surface area contributed by atoms with Crippen molar-refractivity contribution in [3.05, 3.63) is 65.6 Å². The van der Waals surface area contributed by atoms with E-state index in [1.165, 1.54) is 6.07 Å². The van der Waals surface area contributed by atoms with Crippen molar-refractivity contribution in [2.75, 3.05) is 0 Å². The van der Waals surface area contributed by atoms with E-state index in [1.54, 1.807) is 18.2 Å². The maximum atomic E-state index is 13.8. The van der Waals surface area contributed by atoms with Gasteiger partial charge >= 0.3 is 0 Å². The largest absolute Gasteiger partial charge is 0.324 e. The van der Waals surface area contributed by atoms with E-state index < -0.39 is 6.04 Å². The number of hydrogen-bond acceptors (Lipinski definition) is 2. The Bertz CT molecular complexity index is 764. The molecule has 108 valence electrons. The molecule has 0 aliphatic heterocycles. The first-order chi connectivity index (χ1) is 10.2. The third-order valence-corrected chi connectivity index (χ3v) is 3.75. The van der Waals surface area contributed by atoms with E-state index in [1.807, 2.05) is 28.9 Å². The molecule has 0 aliphatic rings. The summed E-state index contributed by atoms with van der Waals surface area (Å²) in [6.07, 6.45) is 0.522. The van der Waals surface area contributed by atoms with Crippen molar-refractivity contribution in [3.8, 4) is 0 Å². The number of aromatic nitrogens is 2. The predicted molar refractivity (Wildman–Crippen MR) is 82.4 cm³/mol. The molecule has 21 heavy (non-hydrogen) atoms. The molecule has 0 spiro atoms. The van der Waals surface area contributed by atoms with E-state index >= 15 is 0 Å². The van der Waals surface area contributed by atoms with Crippen LogP contribution < -0.4 is 5.73 Å². The maximum absolute atomic E-state index is 13.8. The summed E-state index contributed by atoms with van der Waals surface area (Å²) in [4.78, 5) is 0. The van der Waals surface area contributed by atoms with Crippen LogP contribution in [0.5, 0.6) is 0 Å². The molecule has 1 unspecified atom stereocenters. The van der Waals surface area contributed by atoms with Crippen molar-refractivity contribution < 1.29 is 4.39 Å². The van der Waals surface area contributed by atoms with Gasteiger partial charge in [0, 0.05) is 30.0 Å². The number of fused-ring (bicyclic) bond motifs is 1. The van der Waals surface area contributed by atoms with Gasteiger partial charge in [-0.05, 0) is 19.1 Å². The second-order valence-corrected chi connectivity index (χ2v) is 5.11. The van der Waals surface area contributed by atoms with Crippen LogP contribution in [0.1, 0.15) is 24.2 Å². The highest BCUT2D eigenvalue weighted by molar-refractivity contribution is 5.82. The first-order valence-electron chi connectivity index (χ1n) is 7.15. The Morgan fingerprint density at radius 3 is 2.62 bits per heavy atom. The van der Waals surface area contributed by atoms with E-state index in [0.29, 0.717) is 12.0 Å². The van der Waals surface area contributed by atoms with E-state index in [9.17, 15) is 4.39 Å². The summed E-state index contributed by atoms with van der Waals surface area (Å²) >= 11 is 0. The van der Waals surface area contributed by atoms with Gasteiger partial charge in [-0.25, -0.2) is 4.39 Å². The number of halogens is 1. The first kappa shape index (κ1) is 13.8. The van der Waals surface area contributed by atoms with Gasteiger partial charge in [-0.1, -0.05) is 36.4 Å². The van der Waals surface area contributed by atoms with Crippen molar-refractivity contribution in [2.45, 2.75) is 25.9 Å². The Labute approximate surface area is 123 Å². The summed E-state index contributed by atoms with van der Waals surface area (Å²) in [5, 5.41) is 5.71. The van der Waals surface area contributed by atoms with E-state index in [-0.39, 0.29) is 5.82 Å². The van der Waals surface area contributed by atoms with Crippen LogP contribution in [0.15, 0.2) is 48.5 Å². The quantitative estimate of drug-likeness (QED) is 0.797. The SMILES string of the molecule is CCn1nc(CC(N)c2ccccc2F)c2ccccc21. The average Bonchev–Trinajstić information content (AvgIpc) is 2.86. The molecule has 2 N–H and O–H groups in total. The minimum atomic E-state index is -0.394. The summed E-state index contributed by atoms with van der Waals surface area (Å²) in [7, 11) is 0. The molecule has 0 fully saturated rings. The molecule has 0 amide bonds. The van der Waals surface area contributed by atoms with Crippen molar-refractivity contribution in [1.82, 2.24) is 9.78 Å². The van der Waals surface area contributed by atoms with Crippen molar-refractivity contribution in [3.63, 3.8) is 0 Å². The van der Waals surface area contributed by atoms with Crippen LogP contribution in [0.3, 0.4) is 0 Å². The fourth-order valence-electron chi connectivity index (χ4n) is 2.68. The standard InChI is InChI=1S/C17H18FN3/c1-2-21-17-10-6-4-8-13(17)16(20-21)11-15(19)12-7-3-5-9-14(12)18/h3-10,15H,2,11,19H2,1H3. The first-order valence-corrected chi connectivity index (χ1v) is 7.15. The summed E-state index contributed by atoms with van der Waals surface area (Å²) in [6, 6.07) is 14.3. The average molecular weight is 283 g/mol. The van der Waals surface area contributed by atoms with Gasteiger partial charge in [0.15, 0.2) is 0 Å². The lowest BCUT2D eigenvalue weighted by Gasteiger charge is -2.11. The Morgan fingerprint density at radius 1 is 1.14 bits per heavy atom. The molecule has 0 aliphatic carbocycles. The molecule has 0 saturated carbocycles. The molecular weight excluding hydrogens is 265 g/mol. The van der Waals surface area contributed by atoms with Crippen LogP contribution in [-0.2, 0) is 13.0 Å². The zero-order valence-electron chi connectivity index (χ0n) is 12.0. The molecule has 2 aromatic carbocycles. The maximum Gasteiger partial charge on any atom is 0.127 e. The van der Waals surface area contributed by atoms with Crippen LogP contribution in [0.4, 0.5) is 4.39 Å². The fourth-order valence-corrected chi connectivity index (χ4v) is 2.68. The van der Waals surface area contributed by atoms with Crippen molar-refractivity contribution in [2.24, 2.45) is 5.73 Å². The molecule has 3 rings (SSSR count). The highest BCUT2D eigenvalue weighted by atomic mass is 19.1. The van der Waals surface area contributed by atoms with Crippen LogP contribution >= 0.6 is 0 Å². The monoisotopic (exact) mass is 283 g/mol. The smallest absolute Gasteiger partial charge is 0.127 e. The number of nitrogens with zero attached hydrogens (tertiary/aromatic N) is 2. The summed E-state index contributed by atoms with van der Waals surface area (Å²) < 4.78 is 15.8. The second kappa shape index (κ2) is 5.66. The van der Waals surface area contributed by atoms with E-state index in [2.05, 4.69) is 12.0 Å². The Balaban J connectivity index is 1.97. The molecule has 4 heteroatoms. The Morgan fingerprint density at radius 2 is 1.86 bits per heavy atom. The highest BCUT2D eigenvalue weighted by Gasteiger charge is 2.16. The number of nitrogens with two attached hydrogens (primary N) is 1. The third-order valence-electron chi connectivity index (χ3n) is 3.75. The van der Waals surface area contributed by atoms with Crippen LogP contribution in [0.2, 0.25) is 0 Å². The minimum Gasteiger partial charge on any atom is -0.324 e. The number of hydrogen-bond donors (Lipinski definition) is 1. The van der Waals surface area contributed by atoms with Crippen molar-refractivity contribution >= 4 is 10.9 Å². The van der Waals surface area contributed by atoms with Gasteiger partial charge in [-0.2, -0.15) is 5.10 Å². The Kier molecular flexibility index (Phi) is 3.71. The van der Waals surface area contributed by atoms with Gasteiger partial charge in [0.1, 0.15) is 5.82 Å². The van der Waals surface area contributed by atoms with Gasteiger partial charge in [0.05, 0.1) is 11.2 Å². The highest BCUT2D eigenvalue weighted by Crippen LogP contribution is 2.24. The summed E-state index contributed by atoms with van der Waals surface area (Å²) in [6.45, 7) is 2.86. The van der Waals surface area contributed by atoms with E-state index in [0.717, 1.165) is 23.1 Å². The molecule has 3 nitrogen and oxygen atoms in total. The topological polar surface area (TPSA) is 43.8 Å². The molecule has 0 saturated heterocycles. The molecule has 0 radical (unpaired) electrons. The number of rotatable bonds is 4. The zero-order valence-corrected chi connectivity index (χ0v) is 12.0. The molecule has 0 bridgehead atoms. The lowest BCUT2D eigenvalue weighted by molar-refractivity contribution is 0.574. The summed E-state index contributed by atoms with van der Waals surface area (Å²) in [5.41, 5.74) is 8.73.